The average Bonchev–Trinajstić information content (AvgIpc) is 3.80. The zero-order chi connectivity index (χ0) is 36.2. The van der Waals surface area contributed by atoms with Crippen LogP contribution in [0.1, 0.15) is 0 Å². The highest BCUT2D eigenvalue weighted by Gasteiger charge is 2.25. The quantitative estimate of drug-likeness (QED) is 0.163. The van der Waals surface area contributed by atoms with Gasteiger partial charge in [0.1, 0.15) is 17.2 Å². The first kappa shape index (κ1) is 31.9. The van der Waals surface area contributed by atoms with Crippen molar-refractivity contribution in [3.8, 4) is 11.1 Å². The summed E-state index contributed by atoms with van der Waals surface area (Å²) >= 11 is 1.82. The number of hydrogen-bond acceptors (Lipinski definition) is 4. The number of rotatable bonds is 7. The van der Waals surface area contributed by atoms with Crippen LogP contribution >= 0.6 is 11.3 Å². The van der Waals surface area contributed by atoms with Gasteiger partial charge in [-0.15, -0.1) is 11.3 Å². The Hall–Kier alpha value is -6.76. The van der Waals surface area contributed by atoms with Gasteiger partial charge in [0.15, 0.2) is 5.58 Å². The van der Waals surface area contributed by atoms with Gasteiger partial charge in [-0.1, -0.05) is 84.9 Å². The second-order valence-corrected chi connectivity index (χ2v) is 14.2. The van der Waals surface area contributed by atoms with E-state index in [1.807, 2.05) is 46.6 Å². The summed E-state index contributed by atoms with van der Waals surface area (Å²) < 4.78 is 37.7. The summed E-state index contributed by atoms with van der Waals surface area (Å²) in [4.78, 5) is 4.30. The number of hydrogen-bond donors (Lipinski definition) is 0. The Bertz CT molecular complexity index is 2930. The zero-order valence-corrected chi connectivity index (χ0v) is 29.6. The van der Waals surface area contributed by atoms with Crippen LogP contribution in [0, 0.1) is 11.6 Å². The van der Waals surface area contributed by atoms with E-state index in [9.17, 15) is 8.78 Å². The lowest BCUT2D eigenvalue weighted by atomic mass is 9.96. The predicted molar refractivity (Wildman–Crippen MR) is 221 cm³/mol. The Labute approximate surface area is 314 Å². The average molecular weight is 721 g/mol. The van der Waals surface area contributed by atoms with Gasteiger partial charge in [-0.2, -0.15) is 0 Å². The Morgan fingerprint density at radius 2 is 0.944 bits per heavy atom. The molecule has 0 atom stereocenters. The van der Waals surface area contributed by atoms with Crippen molar-refractivity contribution in [2.24, 2.45) is 0 Å². The fourth-order valence-corrected chi connectivity index (χ4v) is 8.80. The predicted octanol–water partition coefficient (Wildman–Crippen LogP) is 14.8. The van der Waals surface area contributed by atoms with Gasteiger partial charge in [0, 0.05) is 48.2 Å². The molecule has 3 nitrogen and oxygen atoms in total. The Morgan fingerprint density at radius 1 is 0.389 bits per heavy atom. The molecule has 2 heterocycles. The van der Waals surface area contributed by atoms with E-state index in [2.05, 4.69) is 108 Å². The molecule has 54 heavy (non-hydrogen) atoms. The van der Waals surface area contributed by atoms with Crippen molar-refractivity contribution in [2.45, 2.75) is 0 Å². The van der Waals surface area contributed by atoms with Crippen molar-refractivity contribution in [1.82, 2.24) is 0 Å². The van der Waals surface area contributed by atoms with Crippen LogP contribution in [-0.4, -0.2) is 0 Å². The van der Waals surface area contributed by atoms with Crippen molar-refractivity contribution in [2.75, 3.05) is 9.80 Å². The summed E-state index contributed by atoms with van der Waals surface area (Å²) in [7, 11) is 0. The number of para-hydroxylation sites is 3. The maximum Gasteiger partial charge on any atom is 0.159 e. The van der Waals surface area contributed by atoms with Gasteiger partial charge >= 0.3 is 0 Å². The van der Waals surface area contributed by atoms with Gasteiger partial charge in [-0.3, -0.25) is 0 Å². The lowest BCUT2D eigenvalue weighted by Crippen LogP contribution is -2.11. The van der Waals surface area contributed by atoms with Crippen LogP contribution in [0.2, 0.25) is 0 Å². The zero-order valence-electron chi connectivity index (χ0n) is 28.8. The van der Waals surface area contributed by atoms with E-state index in [1.54, 1.807) is 24.3 Å². The van der Waals surface area contributed by atoms with Crippen LogP contribution in [0.3, 0.4) is 0 Å². The molecule has 2 aromatic heterocycles. The SMILES string of the molecule is Fc1ccc(N(c2ccc(F)cc2)c2cccc3c2oc2cccc(N(c4ccccc4)c4ccccc4-c4cccc5sc6ccccc6c45)c23)cc1. The molecule has 0 unspecified atom stereocenters. The summed E-state index contributed by atoms with van der Waals surface area (Å²) in [6, 6.07) is 59.0. The molecular weight excluding hydrogens is 691 g/mol. The lowest BCUT2D eigenvalue weighted by molar-refractivity contribution is 0.628. The Balaban J connectivity index is 1.23. The van der Waals surface area contributed by atoms with Crippen LogP contribution in [0.25, 0.3) is 53.2 Å². The van der Waals surface area contributed by atoms with Gasteiger partial charge in [0.25, 0.3) is 0 Å². The number of benzene rings is 8. The first-order valence-corrected chi connectivity index (χ1v) is 18.5. The molecule has 0 N–H and O–H groups in total. The van der Waals surface area contributed by atoms with E-state index in [0.29, 0.717) is 17.0 Å². The first-order valence-electron chi connectivity index (χ1n) is 17.7. The van der Waals surface area contributed by atoms with E-state index in [4.69, 9.17) is 4.42 Å². The van der Waals surface area contributed by atoms with Crippen molar-refractivity contribution >= 4 is 87.6 Å². The maximum absolute atomic E-state index is 14.2. The highest BCUT2D eigenvalue weighted by atomic mass is 32.1. The molecule has 0 aliphatic heterocycles. The normalized spacial score (nSPS) is 11.5. The van der Waals surface area contributed by atoms with Gasteiger partial charge in [0.05, 0.1) is 22.4 Å². The largest absolute Gasteiger partial charge is 0.454 e. The van der Waals surface area contributed by atoms with E-state index >= 15 is 0 Å². The van der Waals surface area contributed by atoms with Gasteiger partial charge in [-0.25, -0.2) is 8.78 Å². The molecule has 0 aliphatic rings. The molecule has 10 rings (SSSR count). The highest BCUT2D eigenvalue weighted by Crippen LogP contribution is 2.50. The summed E-state index contributed by atoms with van der Waals surface area (Å²) in [6.07, 6.45) is 0. The summed E-state index contributed by atoms with van der Waals surface area (Å²) in [5, 5.41) is 4.36. The molecule has 10 aromatic rings. The van der Waals surface area contributed by atoms with Crippen molar-refractivity contribution in [3.05, 3.63) is 194 Å². The van der Waals surface area contributed by atoms with Crippen LogP contribution in [0.5, 0.6) is 0 Å². The van der Waals surface area contributed by atoms with E-state index in [0.717, 1.165) is 44.7 Å². The third kappa shape index (κ3) is 5.30. The molecule has 258 valence electrons. The third-order valence-electron chi connectivity index (χ3n) is 9.98. The number of furan rings is 1. The lowest BCUT2D eigenvalue weighted by Gasteiger charge is -2.28. The molecule has 0 spiro atoms. The number of thiophene rings is 1. The van der Waals surface area contributed by atoms with E-state index in [1.165, 1.54) is 50.0 Å². The molecule has 0 fully saturated rings. The number of fused-ring (bicyclic) bond motifs is 6. The van der Waals surface area contributed by atoms with Gasteiger partial charge in [0.2, 0.25) is 0 Å². The summed E-state index contributed by atoms with van der Waals surface area (Å²) in [5.41, 5.74) is 8.82. The second-order valence-electron chi connectivity index (χ2n) is 13.2. The monoisotopic (exact) mass is 720 g/mol. The van der Waals surface area contributed by atoms with Crippen LogP contribution < -0.4 is 9.80 Å². The van der Waals surface area contributed by atoms with E-state index in [-0.39, 0.29) is 11.6 Å². The molecule has 0 bridgehead atoms. The molecule has 6 heteroatoms. The molecular formula is C48H30F2N2OS. The summed E-state index contributed by atoms with van der Waals surface area (Å²) in [5.74, 6) is -0.678. The topological polar surface area (TPSA) is 19.6 Å². The molecule has 0 aliphatic carbocycles. The van der Waals surface area contributed by atoms with Crippen molar-refractivity contribution in [1.29, 1.82) is 0 Å². The Morgan fingerprint density at radius 3 is 1.72 bits per heavy atom. The van der Waals surface area contributed by atoms with Crippen molar-refractivity contribution < 1.29 is 13.2 Å². The molecule has 0 saturated carbocycles. The number of anilines is 6. The van der Waals surface area contributed by atoms with E-state index < -0.39 is 0 Å². The molecule has 0 saturated heterocycles. The standard InChI is InChI=1S/C48H30F2N2OS/c49-31-23-27-34(28-24-31)51(35-29-25-32(50)26-30-35)42-19-8-16-39-47-41(18-10-20-43(47)53-48(39)42)52(33-11-2-1-3-12-33)40-17-6-4-13-36(40)37-15-9-22-45-46(37)38-14-5-7-21-44(38)54-45/h1-30H. The van der Waals surface area contributed by atoms with Gasteiger partial charge < -0.3 is 14.2 Å². The fourth-order valence-electron chi connectivity index (χ4n) is 7.66. The van der Waals surface area contributed by atoms with Crippen molar-refractivity contribution in [3.63, 3.8) is 0 Å². The van der Waals surface area contributed by atoms with Crippen LogP contribution in [0.4, 0.5) is 42.9 Å². The minimum atomic E-state index is -0.339. The molecule has 8 aromatic carbocycles. The van der Waals surface area contributed by atoms with Crippen LogP contribution in [0.15, 0.2) is 186 Å². The molecule has 0 amide bonds. The maximum atomic E-state index is 14.2. The number of nitrogens with zero attached hydrogens (tertiary/aromatic N) is 2. The summed E-state index contributed by atoms with van der Waals surface area (Å²) in [6.45, 7) is 0. The second kappa shape index (κ2) is 13.0. The minimum Gasteiger partial charge on any atom is -0.454 e. The Kier molecular flexibility index (Phi) is 7.70. The number of halogens is 2. The fraction of sp³-hybridized carbons (Fsp3) is 0. The first-order chi connectivity index (χ1) is 26.6. The smallest absolute Gasteiger partial charge is 0.159 e. The molecule has 0 radical (unpaired) electrons. The minimum absolute atomic E-state index is 0.339. The van der Waals surface area contributed by atoms with Gasteiger partial charge in [-0.05, 0) is 103 Å². The third-order valence-corrected chi connectivity index (χ3v) is 11.1. The van der Waals surface area contributed by atoms with Crippen LogP contribution in [-0.2, 0) is 0 Å². The highest BCUT2D eigenvalue weighted by molar-refractivity contribution is 7.25.